The Kier molecular flexibility index (Phi) is 8.63. The quantitative estimate of drug-likeness (QED) is 0.603. The molecule has 3 atom stereocenters. The maximum absolute atomic E-state index is 13.1. The van der Waals surface area contributed by atoms with Crippen molar-refractivity contribution in [3.63, 3.8) is 0 Å². The number of amides is 2. The highest BCUT2D eigenvalue weighted by atomic mass is 16.6. The van der Waals surface area contributed by atoms with Gasteiger partial charge in [0.15, 0.2) is 0 Å². The third kappa shape index (κ3) is 7.25. The minimum absolute atomic E-state index is 0.165. The van der Waals surface area contributed by atoms with Crippen LogP contribution in [0.4, 0.5) is 4.79 Å². The number of methoxy groups -OCH3 is 1. The highest BCUT2D eigenvalue weighted by Gasteiger charge is 2.31. The Bertz CT molecular complexity index is 951. The topological polar surface area (TPSA) is 93.7 Å². The van der Waals surface area contributed by atoms with Gasteiger partial charge in [-0.3, -0.25) is 4.79 Å². The van der Waals surface area contributed by atoms with Gasteiger partial charge in [0.05, 0.1) is 7.11 Å². The number of carbonyl (C=O) groups excluding carboxylic acids is 3. The first kappa shape index (κ1) is 25.2. The van der Waals surface area contributed by atoms with Gasteiger partial charge < -0.3 is 20.1 Å². The molecule has 2 aromatic carbocycles. The molecule has 0 aliphatic carbocycles. The second kappa shape index (κ2) is 11.0. The summed E-state index contributed by atoms with van der Waals surface area (Å²) in [6.07, 6.45) is 0.242. The second-order valence-electron chi connectivity index (χ2n) is 8.98. The van der Waals surface area contributed by atoms with Crippen molar-refractivity contribution in [3.8, 4) is 0 Å². The number of hydrogen-bond donors (Lipinski definition) is 2. The number of carbonyl (C=O) groups is 3. The van der Waals surface area contributed by atoms with Gasteiger partial charge >= 0.3 is 12.1 Å². The molecule has 0 heterocycles. The van der Waals surface area contributed by atoms with Gasteiger partial charge in [-0.1, -0.05) is 62.7 Å². The second-order valence-corrected chi connectivity index (χ2v) is 8.98. The van der Waals surface area contributed by atoms with E-state index in [0.29, 0.717) is 6.42 Å². The molecule has 2 aromatic rings. The van der Waals surface area contributed by atoms with Crippen molar-refractivity contribution >= 4 is 28.7 Å². The summed E-state index contributed by atoms with van der Waals surface area (Å²) in [6, 6.07) is 12.1. The van der Waals surface area contributed by atoms with Gasteiger partial charge in [-0.25, -0.2) is 9.59 Å². The normalized spacial score (nSPS) is 14.2. The first-order chi connectivity index (χ1) is 15.0. The third-order valence-corrected chi connectivity index (χ3v) is 5.22. The van der Waals surface area contributed by atoms with Gasteiger partial charge in [0.1, 0.15) is 17.7 Å². The first-order valence-corrected chi connectivity index (χ1v) is 10.9. The molecule has 0 saturated heterocycles. The van der Waals surface area contributed by atoms with Crippen molar-refractivity contribution in [2.24, 2.45) is 5.92 Å². The molecular weight excluding hydrogens is 408 g/mol. The van der Waals surface area contributed by atoms with E-state index < -0.39 is 35.7 Å². The Morgan fingerprint density at radius 2 is 1.66 bits per heavy atom. The van der Waals surface area contributed by atoms with Crippen molar-refractivity contribution in [3.05, 3.63) is 48.0 Å². The van der Waals surface area contributed by atoms with Crippen LogP contribution < -0.4 is 10.6 Å². The molecule has 3 unspecified atom stereocenters. The zero-order valence-corrected chi connectivity index (χ0v) is 19.7. The summed E-state index contributed by atoms with van der Waals surface area (Å²) in [5, 5.41) is 7.55. The lowest BCUT2D eigenvalue weighted by Crippen LogP contribution is -2.55. The zero-order valence-electron chi connectivity index (χ0n) is 19.7. The van der Waals surface area contributed by atoms with Crippen molar-refractivity contribution in [2.75, 3.05) is 7.11 Å². The van der Waals surface area contributed by atoms with Crippen LogP contribution in [0.15, 0.2) is 42.5 Å². The molecular formula is C25H34N2O5. The molecule has 32 heavy (non-hydrogen) atoms. The van der Waals surface area contributed by atoms with Crippen LogP contribution in [0, 0.1) is 5.92 Å². The molecule has 0 aliphatic rings. The van der Waals surface area contributed by atoms with E-state index in [-0.39, 0.29) is 12.3 Å². The Hall–Kier alpha value is -3.09. The molecule has 0 spiro atoms. The molecule has 2 rings (SSSR count). The van der Waals surface area contributed by atoms with Crippen LogP contribution >= 0.6 is 0 Å². The van der Waals surface area contributed by atoms with Crippen molar-refractivity contribution in [1.29, 1.82) is 0 Å². The fraction of sp³-hybridized carbons (Fsp3) is 0.480. The van der Waals surface area contributed by atoms with Crippen LogP contribution in [0.5, 0.6) is 0 Å². The molecule has 0 aliphatic heterocycles. The maximum atomic E-state index is 13.1. The highest BCUT2D eigenvalue weighted by Crippen LogP contribution is 2.17. The van der Waals surface area contributed by atoms with Crippen molar-refractivity contribution < 1.29 is 23.9 Å². The largest absolute Gasteiger partial charge is 0.467 e. The molecule has 0 aromatic heterocycles. The minimum atomic E-state index is -0.888. The Labute approximate surface area is 189 Å². The van der Waals surface area contributed by atoms with Crippen LogP contribution in [0.1, 0.15) is 46.6 Å². The van der Waals surface area contributed by atoms with Crippen molar-refractivity contribution in [2.45, 2.75) is 65.1 Å². The van der Waals surface area contributed by atoms with Crippen LogP contribution in [-0.2, 0) is 25.5 Å². The molecule has 7 nitrogen and oxygen atoms in total. The summed E-state index contributed by atoms with van der Waals surface area (Å²) in [7, 11) is 1.28. The van der Waals surface area contributed by atoms with Gasteiger partial charge in [0.25, 0.3) is 0 Å². The van der Waals surface area contributed by atoms with Gasteiger partial charge in [0.2, 0.25) is 5.91 Å². The number of esters is 1. The SMILES string of the molecule is CCC(C)C(NC(=O)OC(C)(C)C)C(=O)NC(Cc1ccc2ccccc2c1)C(=O)OC. The Morgan fingerprint density at radius 3 is 2.25 bits per heavy atom. The fourth-order valence-electron chi connectivity index (χ4n) is 3.33. The van der Waals surface area contributed by atoms with Gasteiger partial charge in [-0.2, -0.15) is 0 Å². The van der Waals surface area contributed by atoms with Gasteiger partial charge in [-0.05, 0) is 43.0 Å². The third-order valence-electron chi connectivity index (χ3n) is 5.22. The van der Waals surface area contributed by atoms with E-state index >= 15 is 0 Å². The van der Waals surface area contributed by atoms with Crippen LogP contribution in [0.2, 0.25) is 0 Å². The van der Waals surface area contributed by atoms with Gasteiger partial charge in [-0.15, -0.1) is 0 Å². The number of hydrogen-bond acceptors (Lipinski definition) is 5. The average molecular weight is 443 g/mol. The van der Waals surface area contributed by atoms with E-state index in [4.69, 9.17) is 9.47 Å². The summed E-state index contributed by atoms with van der Waals surface area (Å²) in [5.74, 6) is -1.17. The van der Waals surface area contributed by atoms with Gasteiger partial charge in [0, 0.05) is 6.42 Å². The Balaban J connectivity index is 2.19. The first-order valence-electron chi connectivity index (χ1n) is 10.9. The molecule has 7 heteroatoms. The molecule has 0 saturated carbocycles. The van der Waals surface area contributed by atoms with E-state index in [2.05, 4.69) is 10.6 Å². The molecule has 2 amide bonds. The lowest BCUT2D eigenvalue weighted by molar-refractivity contribution is -0.145. The standard InChI is InChI=1S/C25H34N2O5/c1-7-16(2)21(27-24(30)32-25(3,4)5)22(28)26-20(23(29)31-6)15-17-12-13-18-10-8-9-11-19(18)14-17/h8-14,16,20-21H,7,15H2,1-6H3,(H,26,28)(H,27,30). The number of rotatable bonds is 8. The lowest BCUT2D eigenvalue weighted by atomic mass is 9.97. The van der Waals surface area contributed by atoms with E-state index in [1.807, 2.05) is 56.3 Å². The van der Waals surface area contributed by atoms with Crippen molar-refractivity contribution in [1.82, 2.24) is 10.6 Å². The molecule has 0 fully saturated rings. The number of ether oxygens (including phenoxy) is 2. The Morgan fingerprint density at radius 1 is 1.00 bits per heavy atom. The summed E-state index contributed by atoms with van der Waals surface area (Å²) in [6.45, 7) is 9.04. The lowest BCUT2D eigenvalue weighted by Gasteiger charge is -2.27. The number of nitrogens with one attached hydrogen (secondary N) is 2. The smallest absolute Gasteiger partial charge is 0.408 e. The predicted molar refractivity (Wildman–Crippen MR) is 124 cm³/mol. The van der Waals surface area contributed by atoms with E-state index in [0.717, 1.165) is 16.3 Å². The minimum Gasteiger partial charge on any atom is -0.467 e. The molecule has 0 bridgehead atoms. The number of benzene rings is 2. The zero-order chi connectivity index (χ0) is 23.9. The van der Waals surface area contributed by atoms with Crippen LogP contribution in [0.3, 0.4) is 0 Å². The molecule has 0 radical (unpaired) electrons. The summed E-state index contributed by atoms with van der Waals surface area (Å²) < 4.78 is 10.2. The summed E-state index contributed by atoms with van der Waals surface area (Å²) in [4.78, 5) is 37.8. The average Bonchev–Trinajstić information content (AvgIpc) is 2.74. The summed E-state index contributed by atoms with van der Waals surface area (Å²) >= 11 is 0. The van der Waals surface area contributed by atoms with E-state index in [1.165, 1.54) is 7.11 Å². The number of alkyl carbamates (subject to hydrolysis) is 1. The monoisotopic (exact) mass is 442 g/mol. The number of fused-ring (bicyclic) bond motifs is 1. The van der Waals surface area contributed by atoms with E-state index in [1.54, 1.807) is 20.8 Å². The predicted octanol–water partition coefficient (Wildman–Crippen LogP) is 3.98. The maximum Gasteiger partial charge on any atom is 0.408 e. The highest BCUT2D eigenvalue weighted by molar-refractivity contribution is 5.90. The molecule has 2 N–H and O–H groups in total. The molecule has 174 valence electrons. The fourth-order valence-corrected chi connectivity index (χ4v) is 3.33. The van der Waals surface area contributed by atoms with E-state index in [9.17, 15) is 14.4 Å². The van der Waals surface area contributed by atoms with Crippen LogP contribution in [0.25, 0.3) is 10.8 Å². The summed E-state index contributed by atoms with van der Waals surface area (Å²) in [5.41, 5.74) is 0.199. The van der Waals surface area contributed by atoms with Crippen LogP contribution in [-0.4, -0.2) is 42.8 Å².